The molecule has 4 rings (SSSR count). The first-order valence-corrected chi connectivity index (χ1v) is 10.3. The van der Waals surface area contributed by atoms with Crippen LogP contribution >= 0.6 is 35.3 Å². The Morgan fingerprint density at radius 3 is 2.26 bits per heavy atom. The van der Waals surface area contributed by atoms with Crippen LogP contribution < -0.4 is 10.1 Å². The second-order valence-corrected chi connectivity index (χ2v) is 8.44. The molecule has 1 fully saturated rings. The number of hydrogen-bond donors (Lipinski definition) is 1. The summed E-state index contributed by atoms with van der Waals surface area (Å²) in [5, 5.41) is 3.46. The van der Waals surface area contributed by atoms with E-state index in [-0.39, 0.29) is 12.4 Å². The molecule has 5 heteroatoms. The fourth-order valence-corrected chi connectivity index (χ4v) is 4.34. The largest absolute Gasteiger partial charge is 0.492 e. The number of hydrogen-bond acceptors (Lipinski definition) is 3. The van der Waals surface area contributed by atoms with E-state index in [4.69, 9.17) is 16.3 Å². The third-order valence-electron chi connectivity index (χ3n) is 4.76. The van der Waals surface area contributed by atoms with Gasteiger partial charge in [0, 0.05) is 10.9 Å². The van der Waals surface area contributed by atoms with Crippen LogP contribution in [0.5, 0.6) is 5.75 Å². The summed E-state index contributed by atoms with van der Waals surface area (Å²) in [6.45, 7) is 1.87. The second-order valence-electron chi connectivity index (χ2n) is 6.73. The minimum Gasteiger partial charge on any atom is -0.492 e. The van der Waals surface area contributed by atoms with Crippen molar-refractivity contribution in [2.75, 3.05) is 13.2 Å². The molecule has 0 aliphatic carbocycles. The summed E-state index contributed by atoms with van der Waals surface area (Å²) in [6.07, 6.45) is 3.40. The highest BCUT2D eigenvalue weighted by Crippen LogP contribution is 2.31. The van der Waals surface area contributed by atoms with Crippen molar-refractivity contribution in [3.63, 3.8) is 0 Å². The van der Waals surface area contributed by atoms with Gasteiger partial charge in [-0.3, -0.25) is 0 Å². The van der Waals surface area contributed by atoms with Gasteiger partial charge in [0.25, 0.3) is 0 Å². The predicted molar refractivity (Wildman–Crippen MR) is 118 cm³/mol. The number of rotatable bonds is 6. The molecule has 0 spiro atoms. The molecule has 3 aromatic rings. The predicted octanol–water partition coefficient (Wildman–Crippen LogP) is 6.21. The maximum Gasteiger partial charge on any atom is 0.119 e. The number of ether oxygens (including phenoxy) is 1. The van der Waals surface area contributed by atoms with Crippen LogP contribution in [0.1, 0.15) is 24.0 Å². The monoisotopic (exact) mass is 419 g/mol. The molecule has 0 unspecified atom stereocenters. The maximum atomic E-state index is 6.03. The Morgan fingerprint density at radius 1 is 0.963 bits per heavy atom. The van der Waals surface area contributed by atoms with Crippen LogP contribution in [0.3, 0.4) is 0 Å². The molecule has 2 nitrogen and oxygen atoms in total. The standard InChI is InChI=1S/C22H22ClNOS.ClH/c23-22-12-11-21(26-22)18-7-3-16(4-8-18)14-17-5-9-20(10-6-17)25-15-19-2-1-13-24-19;/h3-12,19,24H,1-2,13-15H2;1H/t19-;/m1./s1. The molecule has 142 valence electrons. The lowest BCUT2D eigenvalue weighted by Crippen LogP contribution is -2.28. The van der Waals surface area contributed by atoms with Gasteiger partial charge in [0.2, 0.25) is 0 Å². The molecule has 2 aromatic carbocycles. The van der Waals surface area contributed by atoms with Gasteiger partial charge in [0.1, 0.15) is 12.4 Å². The van der Waals surface area contributed by atoms with Crippen molar-refractivity contribution in [2.24, 2.45) is 0 Å². The lowest BCUT2D eigenvalue weighted by Gasteiger charge is -2.12. The third kappa shape index (κ3) is 5.49. The highest BCUT2D eigenvalue weighted by Gasteiger charge is 2.14. The molecule has 1 saturated heterocycles. The molecular weight excluding hydrogens is 397 g/mol. The van der Waals surface area contributed by atoms with Crippen molar-refractivity contribution in [3.8, 4) is 16.2 Å². The average Bonchev–Trinajstić information content (AvgIpc) is 3.34. The summed E-state index contributed by atoms with van der Waals surface area (Å²) in [4.78, 5) is 1.21. The number of nitrogens with one attached hydrogen (secondary N) is 1. The molecule has 0 saturated carbocycles. The Hall–Kier alpha value is -1.52. The molecule has 1 atom stereocenters. The topological polar surface area (TPSA) is 21.3 Å². The maximum absolute atomic E-state index is 6.03. The van der Waals surface area contributed by atoms with Gasteiger partial charge in [-0.2, -0.15) is 0 Å². The molecule has 0 radical (unpaired) electrons. The van der Waals surface area contributed by atoms with E-state index in [9.17, 15) is 0 Å². The van der Waals surface area contributed by atoms with Crippen molar-refractivity contribution < 1.29 is 4.74 Å². The van der Waals surface area contributed by atoms with E-state index in [0.29, 0.717) is 6.04 Å². The van der Waals surface area contributed by atoms with Crippen LogP contribution in [0.15, 0.2) is 60.7 Å². The molecule has 1 aliphatic heterocycles. The normalized spacial score (nSPS) is 16.1. The molecule has 1 N–H and O–H groups in total. The highest BCUT2D eigenvalue weighted by molar-refractivity contribution is 7.19. The quantitative estimate of drug-likeness (QED) is 0.512. The Kier molecular flexibility index (Phi) is 7.20. The Morgan fingerprint density at radius 2 is 1.67 bits per heavy atom. The van der Waals surface area contributed by atoms with E-state index < -0.39 is 0 Å². The van der Waals surface area contributed by atoms with Gasteiger partial charge in [-0.25, -0.2) is 0 Å². The Bertz CT molecular complexity index is 840. The van der Waals surface area contributed by atoms with Crippen molar-refractivity contribution in [3.05, 3.63) is 76.1 Å². The fourth-order valence-electron chi connectivity index (χ4n) is 3.29. The van der Waals surface area contributed by atoms with Gasteiger partial charge in [0.05, 0.1) is 4.34 Å². The summed E-state index contributed by atoms with van der Waals surface area (Å²) in [5.41, 5.74) is 3.82. The van der Waals surface area contributed by atoms with Crippen LogP contribution in [0, 0.1) is 0 Å². The zero-order valence-electron chi connectivity index (χ0n) is 15.0. The molecular formula is C22H23Cl2NOS. The smallest absolute Gasteiger partial charge is 0.119 e. The van der Waals surface area contributed by atoms with Crippen molar-refractivity contribution >= 4 is 35.3 Å². The minimum absolute atomic E-state index is 0. The summed E-state index contributed by atoms with van der Waals surface area (Å²) < 4.78 is 6.72. The van der Waals surface area contributed by atoms with E-state index in [0.717, 1.165) is 29.7 Å². The lowest BCUT2D eigenvalue weighted by molar-refractivity contribution is 0.277. The van der Waals surface area contributed by atoms with E-state index in [1.165, 1.54) is 34.4 Å². The molecule has 0 bridgehead atoms. The van der Waals surface area contributed by atoms with Crippen molar-refractivity contribution in [2.45, 2.75) is 25.3 Å². The zero-order chi connectivity index (χ0) is 17.8. The summed E-state index contributed by atoms with van der Waals surface area (Å²) in [7, 11) is 0. The molecule has 1 aliphatic rings. The zero-order valence-corrected chi connectivity index (χ0v) is 17.4. The van der Waals surface area contributed by atoms with Crippen LogP contribution in [-0.4, -0.2) is 19.2 Å². The Labute approximate surface area is 175 Å². The Balaban J connectivity index is 0.00000210. The van der Waals surface area contributed by atoms with Crippen LogP contribution in [0.2, 0.25) is 4.34 Å². The molecule has 1 aromatic heterocycles. The van der Waals surface area contributed by atoms with E-state index in [2.05, 4.69) is 59.9 Å². The SMILES string of the molecule is Cl.Clc1ccc(-c2ccc(Cc3ccc(OC[C@H]4CCCN4)cc3)cc2)s1. The number of benzene rings is 2. The second kappa shape index (κ2) is 9.61. The van der Waals surface area contributed by atoms with Gasteiger partial charge < -0.3 is 10.1 Å². The van der Waals surface area contributed by atoms with Gasteiger partial charge in [-0.15, -0.1) is 23.7 Å². The van der Waals surface area contributed by atoms with Crippen LogP contribution in [-0.2, 0) is 6.42 Å². The van der Waals surface area contributed by atoms with Gasteiger partial charge in [-0.1, -0.05) is 48.0 Å². The van der Waals surface area contributed by atoms with E-state index in [1.54, 1.807) is 11.3 Å². The van der Waals surface area contributed by atoms with E-state index in [1.807, 2.05) is 6.07 Å². The first-order valence-electron chi connectivity index (χ1n) is 9.06. The van der Waals surface area contributed by atoms with Gasteiger partial charge >= 0.3 is 0 Å². The van der Waals surface area contributed by atoms with E-state index >= 15 is 0 Å². The van der Waals surface area contributed by atoms with Gasteiger partial charge in [-0.05, 0) is 66.8 Å². The lowest BCUT2D eigenvalue weighted by atomic mass is 10.0. The molecule has 27 heavy (non-hydrogen) atoms. The van der Waals surface area contributed by atoms with Gasteiger partial charge in [0.15, 0.2) is 0 Å². The summed E-state index contributed by atoms with van der Waals surface area (Å²) >= 11 is 7.64. The van der Waals surface area contributed by atoms with Crippen molar-refractivity contribution in [1.29, 1.82) is 0 Å². The third-order valence-corrected chi connectivity index (χ3v) is 6.04. The summed E-state index contributed by atoms with van der Waals surface area (Å²) in [5.74, 6) is 0.951. The van der Waals surface area contributed by atoms with Crippen LogP contribution in [0.4, 0.5) is 0 Å². The fraction of sp³-hybridized carbons (Fsp3) is 0.273. The molecule has 0 amide bonds. The first-order chi connectivity index (χ1) is 12.8. The summed E-state index contributed by atoms with van der Waals surface area (Å²) in [6, 6.07) is 21.7. The number of halogens is 2. The highest BCUT2D eigenvalue weighted by atomic mass is 35.5. The average molecular weight is 420 g/mol. The van der Waals surface area contributed by atoms with Crippen molar-refractivity contribution in [1.82, 2.24) is 5.32 Å². The minimum atomic E-state index is 0. The first kappa shape index (κ1) is 20.2. The number of thiophene rings is 1. The van der Waals surface area contributed by atoms with Crippen LogP contribution in [0.25, 0.3) is 10.4 Å². The molecule has 2 heterocycles.